The molecule has 0 fully saturated rings. The van der Waals surface area contributed by atoms with E-state index in [1.165, 1.54) is 71.5 Å². The molecule has 0 unspecified atom stereocenters. The topological polar surface area (TPSA) is 13.1 Å². The lowest BCUT2D eigenvalue weighted by atomic mass is 9.85. The van der Waals surface area contributed by atoms with E-state index in [-0.39, 0.29) is 0 Å². The summed E-state index contributed by atoms with van der Waals surface area (Å²) in [6, 6.07) is 77.7. The van der Waals surface area contributed by atoms with Crippen molar-refractivity contribution in [3.63, 3.8) is 0 Å². The molecule has 3 nitrogen and oxygen atoms in total. The fourth-order valence-electron chi connectivity index (χ4n) is 9.50. The van der Waals surface area contributed by atoms with Crippen LogP contribution in [0.15, 0.2) is 212 Å². The quantitative estimate of drug-likeness (QED) is 0.177. The van der Waals surface area contributed by atoms with Crippen LogP contribution in [0, 0.1) is 0 Å². The Hall–Kier alpha value is -7.62. The average molecular weight is 726 g/mol. The zero-order valence-corrected chi connectivity index (χ0v) is 31.0. The third-order valence-corrected chi connectivity index (χ3v) is 11.8. The van der Waals surface area contributed by atoms with Crippen LogP contribution in [0.25, 0.3) is 88.4 Å². The highest BCUT2D eigenvalue weighted by atomic mass is 15.2. The summed E-state index contributed by atoms with van der Waals surface area (Å²) in [5, 5.41) is 4.95. The molecule has 2 aromatic heterocycles. The van der Waals surface area contributed by atoms with Gasteiger partial charge >= 0.3 is 0 Å². The molecule has 0 radical (unpaired) electrons. The molecule has 57 heavy (non-hydrogen) atoms. The fraction of sp³-hybridized carbons (Fsp3) is 0. The molecule has 0 spiro atoms. The highest BCUT2D eigenvalue weighted by molar-refractivity contribution is 6.17. The lowest BCUT2D eigenvalue weighted by molar-refractivity contribution is 1.14. The van der Waals surface area contributed by atoms with Crippen LogP contribution in [-0.4, -0.2) is 9.13 Å². The second-order valence-corrected chi connectivity index (χ2v) is 14.9. The highest BCUT2D eigenvalue weighted by Crippen LogP contribution is 2.52. The summed E-state index contributed by atoms with van der Waals surface area (Å²) in [6.45, 7) is 0. The smallest absolute Gasteiger partial charge is 0.0703 e. The Morgan fingerprint density at radius 1 is 0.281 bits per heavy atom. The summed E-state index contributed by atoms with van der Waals surface area (Å²) in [6.07, 6.45) is 0. The van der Waals surface area contributed by atoms with Crippen LogP contribution in [0.1, 0.15) is 0 Å². The molecule has 1 aliphatic rings. The predicted octanol–water partition coefficient (Wildman–Crippen LogP) is 14.7. The van der Waals surface area contributed by atoms with Gasteiger partial charge in [0.25, 0.3) is 0 Å². The average Bonchev–Trinajstić information content (AvgIpc) is 3.80. The van der Waals surface area contributed by atoms with Gasteiger partial charge in [0.15, 0.2) is 0 Å². The van der Waals surface area contributed by atoms with Crippen molar-refractivity contribution < 1.29 is 0 Å². The Morgan fingerprint density at radius 3 is 1.60 bits per heavy atom. The van der Waals surface area contributed by atoms with Crippen molar-refractivity contribution >= 4 is 60.7 Å². The molecule has 9 aromatic carbocycles. The van der Waals surface area contributed by atoms with E-state index in [1.54, 1.807) is 0 Å². The number of benzene rings is 9. The summed E-state index contributed by atoms with van der Waals surface area (Å²) in [4.78, 5) is 2.45. The third kappa shape index (κ3) is 4.66. The zero-order valence-electron chi connectivity index (χ0n) is 31.0. The summed E-state index contributed by atoms with van der Waals surface area (Å²) in [5.74, 6) is 0. The molecule has 0 bridgehead atoms. The third-order valence-electron chi connectivity index (χ3n) is 11.8. The van der Waals surface area contributed by atoms with Crippen LogP contribution < -0.4 is 4.90 Å². The van der Waals surface area contributed by atoms with Gasteiger partial charge in [0, 0.05) is 44.0 Å². The molecule has 0 atom stereocenters. The van der Waals surface area contributed by atoms with Crippen molar-refractivity contribution in [3.05, 3.63) is 212 Å². The first kappa shape index (κ1) is 31.7. The van der Waals surface area contributed by atoms with Gasteiger partial charge in [-0.1, -0.05) is 152 Å². The van der Waals surface area contributed by atoms with Crippen molar-refractivity contribution in [1.82, 2.24) is 9.13 Å². The summed E-state index contributed by atoms with van der Waals surface area (Å²) < 4.78 is 4.95. The number of fused-ring (bicyclic) bond motifs is 12. The van der Waals surface area contributed by atoms with Gasteiger partial charge in [0.2, 0.25) is 0 Å². The van der Waals surface area contributed by atoms with Crippen LogP contribution in [0.3, 0.4) is 0 Å². The Labute approximate surface area is 330 Å². The Kier molecular flexibility index (Phi) is 6.93. The number of hydrogen-bond acceptors (Lipinski definition) is 1. The minimum atomic E-state index is 1.10. The van der Waals surface area contributed by atoms with Crippen LogP contribution in [0.2, 0.25) is 0 Å². The number of hydrogen-bond donors (Lipinski definition) is 0. The number of nitrogens with zero attached hydrogens (tertiary/aromatic N) is 3. The van der Waals surface area contributed by atoms with E-state index in [9.17, 15) is 0 Å². The van der Waals surface area contributed by atoms with Crippen LogP contribution in [0.5, 0.6) is 0 Å². The number of para-hydroxylation sites is 7. The molecule has 0 N–H and O–H groups in total. The molecule has 12 rings (SSSR count). The molecular weight excluding hydrogens is 691 g/mol. The first-order valence-electron chi connectivity index (χ1n) is 19.6. The predicted molar refractivity (Wildman–Crippen MR) is 240 cm³/mol. The van der Waals surface area contributed by atoms with Gasteiger partial charge in [0.1, 0.15) is 0 Å². The Bertz CT molecular complexity index is 3300. The van der Waals surface area contributed by atoms with Crippen LogP contribution >= 0.6 is 0 Å². The molecule has 11 aromatic rings. The molecular formula is C54H35N3. The number of rotatable bonds is 3. The maximum atomic E-state index is 2.52. The van der Waals surface area contributed by atoms with Crippen molar-refractivity contribution in [2.24, 2.45) is 0 Å². The van der Waals surface area contributed by atoms with Crippen molar-refractivity contribution in [2.75, 3.05) is 4.90 Å². The molecule has 1 aliphatic heterocycles. The maximum Gasteiger partial charge on any atom is 0.0703 e. The molecule has 0 amide bonds. The van der Waals surface area contributed by atoms with Crippen molar-refractivity contribution in [2.45, 2.75) is 0 Å². The first-order valence-corrected chi connectivity index (χ1v) is 19.6. The molecule has 0 saturated heterocycles. The van der Waals surface area contributed by atoms with Crippen molar-refractivity contribution in [1.29, 1.82) is 0 Å². The summed E-state index contributed by atoms with van der Waals surface area (Å²) in [5.41, 5.74) is 17.6. The van der Waals surface area contributed by atoms with E-state index in [2.05, 4.69) is 226 Å². The number of aromatic nitrogens is 2. The van der Waals surface area contributed by atoms with E-state index in [0.29, 0.717) is 0 Å². The van der Waals surface area contributed by atoms with Crippen molar-refractivity contribution in [3.8, 4) is 44.8 Å². The van der Waals surface area contributed by atoms with Gasteiger partial charge < -0.3 is 14.0 Å². The minimum absolute atomic E-state index is 1.10. The molecule has 3 heteroatoms. The first-order chi connectivity index (χ1) is 28.3. The van der Waals surface area contributed by atoms with Gasteiger partial charge in [-0.05, 0) is 82.9 Å². The lowest BCUT2D eigenvalue weighted by Gasteiger charge is -2.32. The van der Waals surface area contributed by atoms with Gasteiger partial charge in [-0.15, -0.1) is 0 Å². The zero-order chi connectivity index (χ0) is 37.5. The van der Waals surface area contributed by atoms with Gasteiger partial charge in [0.05, 0.1) is 39.1 Å². The van der Waals surface area contributed by atoms with Crippen LogP contribution in [-0.2, 0) is 0 Å². The maximum absolute atomic E-state index is 2.52. The van der Waals surface area contributed by atoms with E-state index < -0.39 is 0 Å². The van der Waals surface area contributed by atoms with E-state index >= 15 is 0 Å². The van der Waals surface area contributed by atoms with Crippen LogP contribution in [0.4, 0.5) is 17.1 Å². The Morgan fingerprint density at radius 2 is 0.825 bits per heavy atom. The summed E-state index contributed by atoms with van der Waals surface area (Å²) >= 11 is 0. The van der Waals surface area contributed by atoms with Gasteiger partial charge in [-0.3, -0.25) is 0 Å². The van der Waals surface area contributed by atoms with E-state index in [4.69, 9.17) is 0 Å². The SMILES string of the molecule is c1ccc(-c2cccc3c2-c2ccccc2N(c2ccccc2)c2ccccc2-n2c4ccc(-n5c6ccccc6c6ccccc65)cc4c4cccc-3c42)cc1. The highest BCUT2D eigenvalue weighted by Gasteiger charge is 2.28. The molecule has 0 saturated carbocycles. The Balaban J connectivity index is 1.26. The second-order valence-electron chi connectivity index (χ2n) is 14.9. The summed E-state index contributed by atoms with van der Waals surface area (Å²) in [7, 11) is 0. The van der Waals surface area contributed by atoms with E-state index in [1.807, 2.05) is 0 Å². The molecule has 3 heterocycles. The van der Waals surface area contributed by atoms with Gasteiger partial charge in [-0.2, -0.15) is 0 Å². The number of anilines is 3. The monoisotopic (exact) mass is 725 g/mol. The lowest BCUT2D eigenvalue weighted by Crippen LogP contribution is -2.15. The standard InChI is InChI=1S/C54H35N3/c1-3-17-36(18-4-1)39-24-15-25-42-43-26-16-27-44-46-35-38(56-47-28-10-7-21-40(47)41-22-8-11-29-48(41)56)33-34-50(46)57(54(43)44)52-32-14-13-31-51(52)55(37-19-5-2-6-20-37)49-30-12-9-23-45(49)53(39)42/h1-35H. The molecule has 266 valence electrons. The fourth-order valence-corrected chi connectivity index (χ4v) is 9.50. The second kappa shape index (κ2) is 12.5. The van der Waals surface area contributed by atoms with Gasteiger partial charge in [-0.25, -0.2) is 0 Å². The van der Waals surface area contributed by atoms with E-state index in [0.717, 1.165) is 34.0 Å². The normalized spacial score (nSPS) is 12.2. The minimum Gasteiger partial charge on any atom is -0.309 e. The molecule has 0 aliphatic carbocycles. The largest absolute Gasteiger partial charge is 0.309 e.